The summed E-state index contributed by atoms with van der Waals surface area (Å²) >= 11 is 0. The summed E-state index contributed by atoms with van der Waals surface area (Å²) in [5.74, 6) is 1.82. The first-order valence-corrected chi connectivity index (χ1v) is 22.6. The van der Waals surface area contributed by atoms with Crippen LogP contribution in [0.1, 0.15) is 0 Å². The van der Waals surface area contributed by atoms with Crippen molar-refractivity contribution in [2.75, 3.05) is 0 Å². The summed E-state index contributed by atoms with van der Waals surface area (Å²) < 4.78 is 11.2. The number of benzene rings is 10. The second-order valence-corrected chi connectivity index (χ2v) is 17.2. The van der Waals surface area contributed by atoms with Crippen LogP contribution in [0, 0.1) is 0 Å². The first kappa shape index (κ1) is 37.3. The number of rotatable bonds is 6. The monoisotopic (exact) mass is 855 g/mol. The van der Waals surface area contributed by atoms with E-state index in [1.165, 1.54) is 32.6 Å². The van der Waals surface area contributed by atoms with Gasteiger partial charge >= 0.3 is 0 Å². The molecule has 0 amide bonds. The van der Waals surface area contributed by atoms with E-state index in [1.807, 2.05) is 60.7 Å². The molecule has 4 heterocycles. The van der Waals surface area contributed by atoms with Crippen molar-refractivity contribution in [1.82, 2.24) is 24.1 Å². The van der Waals surface area contributed by atoms with Crippen molar-refractivity contribution in [1.29, 1.82) is 0 Å². The normalized spacial score (nSPS) is 11.9. The fourth-order valence-electron chi connectivity index (χ4n) is 10.3. The molecule has 14 rings (SSSR count). The highest BCUT2D eigenvalue weighted by Crippen LogP contribution is 2.43. The Bertz CT molecular complexity index is 4210. The van der Waals surface area contributed by atoms with Crippen molar-refractivity contribution in [2.24, 2.45) is 0 Å². The summed E-state index contributed by atoms with van der Waals surface area (Å²) in [6, 6.07) is 79.3. The van der Waals surface area contributed by atoms with Gasteiger partial charge in [-0.05, 0) is 88.3 Å². The minimum Gasteiger partial charge on any atom is -0.456 e. The Morgan fingerprint density at radius 2 is 0.910 bits per heavy atom. The zero-order chi connectivity index (χ0) is 44.0. The van der Waals surface area contributed by atoms with Gasteiger partial charge in [0.1, 0.15) is 11.2 Å². The van der Waals surface area contributed by atoms with Crippen molar-refractivity contribution in [2.45, 2.75) is 0 Å². The van der Waals surface area contributed by atoms with Gasteiger partial charge < -0.3 is 8.98 Å². The van der Waals surface area contributed by atoms with Gasteiger partial charge in [-0.2, -0.15) is 9.97 Å². The average molecular weight is 856 g/mol. The molecule has 0 saturated carbocycles. The Labute approximate surface area is 384 Å². The maximum absolute atomic E-state index is 6.61. The standard InChI is InChI=1S/C61H37N5O/c1-4-16-39(17-5-1)59-62-60(40-18-6-2-7-19-40)64-61(63-59)66-52-25-13-12-23-47(52)49-35-41(28-32-54(49)66)42-30-34-55-51(36-42)57-45(24-14-26-56(57)67-55)43-29-33-53-50(37-43)48-31-27-38-15-10-11-22-46(38)58(48)65(53)44-20-8-3-9-21-44/h1-37H. The Balaban J connectivity index is 0.926. The minimum absolute atomic E-state index is 0.571. The second kappa shape index (κ2) is 14.7. The Morgan fingerprint density at radius 3 is 1.67 bits per heavy atom. The summed E-state index contributed by atoms with van der Waals surface area (Å²) in [5, 5.41) is 9.32. The molecule has 312 valence electrons. The summed E-state index contributed by atoms with van der Waals surface area (Å²) in [6.07, 6.45) is 0. The van der Waals surface area contributed by atoms with Crippen LogP contribution in [0.4, 0.5) is 0 Å². The van der Waals surface area contributed by atoms with Crippen LogP contribution in [0.15, 0.2) is 229 Å². The van der Waals surface area contributed by atoms with E-state index in [9.17, 15) is 0 Å². The molecule has 6 heteroatoms. The highest BCUT2D eigenvalue weighted by atomic mass is 16.3. The van der Waals surface area contributed by atoms with E-state index >= 15 is 0 Å². The number of hydrogen-bond donors (Lipinski definition) is 0. The van der Waals surface area contributed by atoms with Crippen molar-refractivity contribution in [3.63, 3.8) is 0 Å². The molecule has 0 saturated heterocycles. The maximum atomic E-state index is 6.61. The lowest BCUT2D eigenvalue weighted by Gasteiger charge is -2.11. The molecule has 0 atom stereocenters. The van der Waals surface area contributed by atoms with Crippen LogP contribution in [0.25, 0.3) is 133 Å². The number of fused-ring (bicyclic) bond motifs is 11. The third-order valence-electron chi connectivity index (χ3n) is 13.4. The van der Waals surface area contributed by atoms with Gasteiger partial charge in [-0.25, -0.2) is 4.98 Å². The van der Waals surface area contributed by atoms with E-state index in [2.05, 4.69) is 173 Å². The SMILES string of the molecule is c1ccc(-c2nc(-c3ccccc3)nc(-n3c4ccccc4c4cc(-c5ccc6oc7cccc(-c8ccc9c(c8)c8ccc%10ccccc%10c8n9-c8ccccc8)c7c6c5)ccc43)n2)cc1. The van der Waals surface area contributed by atoms with Crippen LogP contribution in [0.3, 0.4) is 0 Å². The molecule has 0 N–H and O–H groups in total. The molecule has 0 radical (unpaired) electrons. The number of para-hydroxylation sites is 2. The molecule has 0 aliphatic heterocycles. The molecular formula is C61H37N5O. The molecule has 0 unspecified atom stereocenters. The zero-order valence-corrected chi connectivity index (χ0v) is 36.0. The van der Waals surface area contributed by atoms with Crippen LogP contribution in [0.2, 0.25) is 0 Å². The van der Waals surface area contributed by atoms with Crippen LogP contribution >= 0.6 is 0 Å². The fraction of sp³-hybridized carbons (Fsp3) is 0. The van der Waals surface area contributed by atoms with Gasteiger partial charge in [-0.1, -0.05) is 164 Å². The van der Waals surface area contributed by atoms with Gasteiger partial charge in [0.15, 0.2) is 11.6 Å². The second-order valence-electron chi connectivity index (χ2n) is 17.2. The van der Waals surface area contributed by atoms with Crippen molar-refractivity contribution in [3.05, 3.63) is 224 Å². The van der Waals surface area contributed by atoms with Gasteiger partial charge in [0.2, 0.25) is 5.95 Å². The molecule has 67 heavy (non-hydrogen) atoms. The lowest BCUT2D eigenvalue weighted by atomic mass is 9.96. The Hall–Kier alpha value is -9.13. The number of nitrogens with zero attached hydrogens (tertiary/aromatic N) is 5. The summed E-state index contributed by atoms with van der Waals surface area (Å²) in [4.78, 5) is 15.2. The van der Waals surface area contributed by atoms with E-state index in [0.29, 0.717) is 17.6 Å². The Morgan fingerprint density at radius 1 is 0.328 bits per heavy atom. The van der Waals surface area contributed by atoms with Crippen molar-refractivity contribution < 1.29 is 4.42 Å². The summed E-state index contributed by atoms with van der Waals surface area (Å²) in [6.45, 7) is 0. The van der Waals surface area contributed by atoms with E-state index in [1.54, 1.807) is 0 Å². The van der Waals surface area contributed by atoms with Crippen molar-refractivity contribution in [3.8, 4) is 56.7 Å². The molecule has 0 spiro atoms. The first-order valence-electron chi connectivity index (χ1n) is 22.6. The quantitative estimate of drug-likeness (QED) is 0.167. The molecule has 0 aliphatic carbocycles. The van der Waals surface area contributed by atoms with E-state index in [4.69, 9.17) is 19.4 Å². The summed E-state index contributed by atoms with van der Waals surface area (Å²) in [7, 11) is 0. The smallest absolute Gasteiger partial charge is 0.238 e. The van der Waals surface area contributed by atoms with Crippen molar-refractivity contribution >= 4 is 76.3 Å². The third kappa shape index (κ3) is 5.86. The zero-order valence-electron chi connectivity index (χ0n) is 36.0. The van der Waals surface area contributed by atoms with Gasteiger partial charge in [-0.15, -0.1) is 0 Å². The van der Waals surface area contributed by atoms with Gasteiger partial charge in [0.05, 0.1) is 22.1 Å². The number of hydrogen-bond acceptors (Lipinski definition) is 4. The minimum atomic E-state index is 0.571. The van der Waals surface area contributed by atoms with Gasteiger partial charge in [0, 0.05) is 54.5 Å². The third-order valence-corrected chi connectivity index (χ3v) is 13.4. The van der Waals surface area contributed by atoms with Gasteiger partial charge in [0.25, 0.3) is 0 Å². The molecule has 14 aromatic rings. The molecule has 4 aromatic heterocycles. The summed E-state index contributed by atoms with van der Waals surface area (Å²) in [5.41, 5.74) is 13.7. The van der Waals surface area contributed by atoms with Crippen LogP contribution in [-0.4, -0.2) is 24.1 Å². The molecule has 0 bridgehead atoms. The maximum Gasteiger partial charge on any atom is 0.238 e. The van der Waals surface area contributed by atoms with E-state index in [-0.39, 0.29) is 0 Å². The van der Waals surface area contributed by atoms with E-state index in [0.717, 1.165) is 82.8 Å². The van der Waals surface area contributed by atoms with E-state index < -0.39 is 0 Å². The first-order chi connectivity index (χ1) is 33.2. The fourth-order valence-corrected chi connectivity index (χ4v) is 10.3. The highest BCUT2D eigenvalue weighted by Gasteiger charge is 2.21. The average Bonchev–Trinajstić information content (AvgIpc) is 4.06. The van der Waals surface area contributed by atoms with Gasteiger partial charge in [-0.3, -0.25) is 4.57 Å². The number of aromatic nitrogens is 5. The lowest BCUT2D eigenvalue weighted by molar-refractivity contribution is 0.669. The largest absolute Gasteiger partial charge is 0.456 e. The molecule has 10 aromatic carbocycles. The van der Waals surface area contributed by atoms with Crippen LogP contribution in [0.5, 0.6) is 0 Å². The predicted molar refractivity (Wildman–Crippen MR) is 275 cm³/mol. The topological polar surface area (TPSA) is 61.7 Å². The predicted octanol–water partition coefficient (Wildman–Crippen LogP) is 15.8. The molecule has 6 nitrogen and oxygen atoms in total. The molecule has 0 fully saturated rings. The van der Waals surface area contributed by atoms with Crippen LogP contribution in [-0.2, 0) is 0 Å². The van der Waals surface area contributed by atoms with Crippen LogP contribution < -0.4 is 0 Å². The highest BCUT2D eigenvalue weighted by molar-refractivity contribution is 6.20. The molecular weight excluding hydrogens is 819 g/mol. The molecule has 0 aliphatic rings. The number of furan rings is 1. The lowest BCUT2D eigenvalue weighted by Crippen LogP contribution is -2.06. The Kier molecular flexibility index (Phi) is 8.18.